The summed E-state index contributed by atoms with van der Waals surface area (Å²) in [5.74, 6) is 0. The maximum atomic E-state index is 5.08. The molecule has 0 radical (unpaired) electrons. The highest BCUT2D eigenvalue weighted by Gasteiger charge is 2.37. The summed E-state index contributed by atoms with van der Waals surface area (Å²) >= 11 is 0. The molecule has 9 rings (SSSR count). The third-order valence-electron chi connectivity index (χ3n) is 9.24. The highest BCUT2D eigenvalue weighted by atomic mass is 15.1. The van der Waals surface area contributed by atoms with Gasteiger partial charge in [0.15, 0.2) is 0 Å². The SMILES string of the molecule is Cc1cc(C)c2c(c1)c1cc(C)cc(C)c1n2B1c2ccccc2-n2c3ncc4ccccc4c3c3cccc1c32. The highest BCUT2D eigenvalue weighted by molar-refractivity contribution is 6.88. The predicted octanol–water partition coefficient (Wildman–Crippen LogP) is 7.64. The van der Waals surface area contributed by atoms with Crippen LogP contribution in [0.1, 0.15) is 22.3 Å². The van der Waals surface area contributed by atoms with Gasteiger partial charge >= 0.3 is 6.85 Å². The normalized spacial score (nSPS) is 12.8. The van der Waals surface area contributed by atoms with Crippen LogP contribution >= 0.6 is 0 Å². The standard InChI is InChI=1S/C37H28BN3/c1-21-16-23(3)34-28(18-21)29-19-22(2)17-24(4)35(29)41(34)38-30-13-7-8-15-32(30)40-36-27(12-9-14-31(36)38)33-26-11-6-5-10-25(26)20-39-37(33)40/h5-20H,1-4H3. The van der Waals surface area contributed by atoms with Gasteiger partial charge in [-0.3, -0.25) is 4.57 Å². The van der Waals surface area contributed by atoms with Gasteiger partial charge < -0.3 is 4.48 Å². The molecule has 0 saturated carbocycles. The summed E-state index contributed by atoms with van der Waals surface area (Å²) in [4.78, 5) is 5.08. The van der Waals surface area contributed by atoms with Gasteiger partial charge in [0.2, 0.25) is 0 Å². The summed E-state index contributed by atoms with van der Waals surface area (Å²) in [6.07, 6.45) is 2.03. The Morgan fingerprint density at radius 1 is 0.585 bits per heavy atom. The van der Waals surface area contributed by atoms with Gasteiger partial charge in [0.25, 0.3) is 0 Å². The molecule has 0 fully saturated rings. The number of hydrogen-bond donors (Lipinski definition) is 0. The molecule has 0 atom stereocenters. The van der Waals surface area contributed by atoms with E-state index in [1.54, 1.807) is 0 Å². The van der Waals surface area contributed by atoms with Crippen LogP contribution in [0.15, 0.2) is 97.2 Å². The number of fused-ring (bicyclic) bond motifs is 10. The summed E-state index contributed by atoms with van der Waals surface area (Å²) < 4.78 is 5.06. The van der Waals surface area contributed by atoms with E-state index >= 15 is 0 Å². The number of aromatic nitrogens is 3. The van der Waals surface area contributed by atoms with Crippen molar-refractivity contribution in [3.8, 4) is 5.69 Å². The number of nitrogens with zero attached hydrogens (tertiary/aromatic N) is 3. The first-order valence-corrected chi connectivity index (χ1v) is 14.4. The molecule has 4 heterocycles. The van der Waals surface area contributed by atoms with Gasteiger partial charge in [0.05, 0.1) is 5.52 Å². The van der Waals surface area contributed by atoms with Crippen molar-refractivity contribution in [1.29, 1.82) is 0 Å². The van der Waals surface area contributed by atoms with Gasteiger partial charge in [0.1, 0.15) is 5.65 Å². The number of para-hydroxylation sites is 2. The van der Waals surface area contributed by atoms with Crippen LogP contribution in [0.25, 0.3) is 60.2 Å². The highest BCUT2D eigenvalue weighted by Crippen LogP contribution is 2.39. The smallest absolute Gasteiger partial charge is 0.332 e. The Morgan fingerprint density at radius 3 is 1.98 bits per heavy atom. The first-order chi connectivity index (χ1) is 20.0. The number of pyridine rings is 1. The van der Waals surface area contributed by atoms with Crippen LogP contribution in [0, 0.1) is 27.7 Å². The molecule has 8 aromatic rings. The summed E-state index contributed by atoms with van der Waals surface area (Å²) in [5, 5.41) is 7.61. The molecule has 0 aliphatic carbocycles. The lowest BCUT2D eigenvalue weighted by molar-refractivity contribution is 1.14. The fourth-order valence-electron chi connectivity index (χ4n) is 7.87. The minimum Gasteiger partial charge on any atom is -0.375 e. The predicted molar refractivity (Wildman–Crippen MR) is 175 cm³/mol. The molecule has 5 aromatic carbocycles. The first kappa shape index (κ1) is 22.9. The fourth-order valence-corrected chi connectivity index (χ4v) is 7.87. The van der Waals surface area contributed by atoms with E-state index < -0.39 is 0 Å². The molecule has 0 bridgehead atoms. The van der Waals surface area contributed by atoms with Gasteiger partial charge in [-0.25, -0.2) is 4.98 Å². The van der Waals surface area contributed by atoms with Crippen LogP contribution in [0.4, 0.5) is 0 Å². The molecule has 0 unspecified atom stereocenters. The molecule has 3 aromatic heterocycles. The van der Waals surface area contributed by atoms with Crippen molar-refractivity contribution in [3.63, 3.8) is 0 Å². The Hall–Kier alpha value is -4.83. The lowest BCUT2D eigenvalue weighted by Gasteiger charge is -2.28. The number of benzene rings is 5. The van der Waals surface area contributed by atoms with E-state index in [9.17, 15) is 0 Å². The summed E-state index contributed by atoms with van der Waals surface area (Å²) in [6, 6.07) is 33.9. The Labute approximate surface area is 238 Å². The Morgan fingerprint density at radius 2 is 1.22 bits per heavy atom. The Balaban J connectivity index is 1.52. The zero-order chi connectivity index (χ0) is 27.6. The van der Waals surface area contributed by atoms with E-state index in [0.29, 0.717) is 0 Å². The van der Waals surface area contributed by atoms with Crippen LogP contribution in [-0.2, 0) is 0 Å². The van der Waals surface area contributed by atoms with Gasteiger partial charge in [-0.2, -0.15) is 0 Å². The third-order valence-corrected chi connectivity index (χ3v) is 9.24. The average Bonchev–Trinajstić information content (AvgIpc) is 3.48. The third kappa shape index (κ3) is 2.87. The number of hydrogen-bond acceptors (Lipinski definition) is 1. The van der Waals surface area contributed by atoms with Gasteiger partial charge in [-0.05, 0) is 73.3 Å². The molecule has 3 nitrogen and oxygen atoms in total. The van der Waals surface area contributed by atoms with Crippen molar-refractivity contribution in [1.82, 2.24) is 14.0 Å². The van der Waals surface area contributed by atoms with E-state index in [1.165, 1.54) is 87.7 Å². The monoisotopic (exact) mass is 525 g/mol. The van der Waals surface area contributed by atoms with Gasteiger partial charge in [-0.15, -0.1) is 0 Å². The van der Waals surface area contributed by atoms with Crippen molar-refractivity contribution in [2.45, 2.75) is 27.7 Å². The first-order valence-electron chi connectivity index (χ1n) is 14.4. The van der Waals surface area contributed by atoms with Gasteiger partial charge in [0, 0.05) is 49.8 Å². The number of aryl methyl sites for hydroxylation is 4. The molecule has 0 spiro atoms. The van der Waals surface area contributed by atoms with E-state index in [4.69, 9.17) is 4.98 Å². The topological polar surface area (TPSA) is 22.8 Å². The summed E-state index contributed by atoms with van der Waals surface area (Å²) in [6.45, 7) is 9.00. The lowest BCUT2D eigenvalue weighted by Crippen LogP contribution is -2.53. The molecule has 194 valence electrons. The Bertz CT molecular complexity index is 2360. The van der Waals surface area contributed by atoms with E-state index in [-0.39, 0.29) is 6.85 Å². The summed E-state index contributed by atoms with van der Waals surface area (Å²) in [5.41, 5.74) is 14.0. The largest absolute Gasteiger partial charge is 0.375 e. The van der Waals surface area contributed by atoms with Gasteiger partial charge in [-0.1, -0.05) is 83.9 Å². The van der Waals surface area contributed by atoms with Crippen LogP contribution in [0.3, 0.4) is 0 Å². The molecule has 1 aliphatic rings. The quantitative estimate of drug-likeness (QED) is 0.202. The molecule has 0 N–H and O–H groups in total. The number of rotatable bonds is 1. The van der Waals surface area contributed by atoms with Crippen molar-refractivity contribution in [2.24, 2.45) is 0 Å². The van der Waals surface area contributed by atoms with Crippen LogP contribution in [0.5, 0.6) is 0 Å². The van der Waals surface area contributed by atoms with E-state index in [2.05, 4.69) is 128 Å². The van der Waals surface area contributed by atoms with Crippen LogP contribution in [-0.4, -0.2) is 20.9 Å². The van der Waals surface area contributed by atoms with E-state index in [1.807, 2.05) is 6.20 Å². The zero-order valence-electron chi connectivity index (χ0n) is 23.7. The second kappa shape index (κ2) is 7.89. The second-order valence-electron chi connectivity index (χ2n) is 11.9. The zero-order valence-corrected chi connectivity index (χ0v) is 23.7. The second-order valence-corrected chi connectivity index (χ2v) is 11.9. The van der Waals surface area contributed by atoms with E-state index in [0.717, 1.165) is 5.65 Å². The maximum Gasteiger partial charge on any atom is 0.332 e. The van der Waals surface area contributed by atoms with Crippen LogP contribution in [0.2, 0.25) is 0 Å². The van der Waals surface area contributed by atoms with Crippen LogP contribution < -0.4 is 10.9 Å². The minimum absolute atomic E-state index is 0.0285. The molecule has 0 amide bonds. The maximum absolute atomic E-state index is 5.08. The molecule has 41 heavy (non-hydrogen) atoms. The molecular weight excluding hydrogens is 497 g/mol. The van der Waals surface area contributed by atoms with Crippen molar-refractivity contribution in [2.75, 3.05) is 0 Å². The summed E-state index contributed by atoms with van der Waals surface area (Å²) in [7, 11) is 0. The molecule has 1 aliphatic heterocycles. The van der Waals surface area contributed by atoms with Crippen molar-refractivity contribution >= 4 is 72.3 Å². The molecule has 0 saturated heterocycles. The fraction of sp³-hybridized carbons (Fsp3) is 0.108. The Kier molecular flexibility index (Phi) is 4.41. The molecular formula is C37H28BN3. The van der Waals surface area contributed by atoms with Crippen molar-refractivity contribution < 1.29 is 0 Å². The van der Waals surface area contributed by atoms with Crippen molar-refractivity contribution in [3.05, 3.63) is 119 Å². The molecule has 4 heteroatoms. The average molecular weight is 525 g/mol. The minimum atomic E-state index is 0.0285. The lowest BCUT2D eigenvalue weighted by atomic mass is 9.48.